The van der Waals surface area contributed by atoms with Crippen molar-refractivity contribution in [3.8, 4) is 0 Å². The Hall–Kier alpha value is -0.570. The second-order valence-electron chi connectivity index (χ2n) is 4.51. The fourth-order valence-corrected chi connectivity index (χ4v) is 3.86. The van der Waals surface area contributed by atoms with E-state index in [2.05, 4.69) is 15.4 Å². The van der Waals surface area contributed by atoms with Gasteiger partial charge in [0.2, 0.25) is 15.9 Å². The first kappa shape index (κ1) is 22.4. The third kappa shape index (κ3) is 7.69. The Bertz CT molecular complexity index is 591. The molecule has 0 saturated heterocycles. The summed E-state index contributed by atoms with van der Waals surface area (Å²) in [6, 6.07) is 4.44. The summed E-state index contributed by atoms with van der Waals surface area (Å²) >= 11 is 11.7. The molecule has 0 radical (unpaired) electrons. The summed E-state index contributed by atoms with van der Waals surface area (Å²) in [5.41, 5.74) is 0. The van der Waals surface area contributed by atoms with Gasteiger partial charge < -0.3 is 10.6 Å². The zero-order valence-electron chi connectivity index (χ0n) is 12.6. The molecule has 1 rings (SSSR count). The van der Waals surface area contributed by atoms with Crippen molar-refractivity contribution in [2.24, 2.45) is 0 Å². The zero-order chi connectivity index (χ0) is 16.6. The zero-order valence-corrected chi connectivity index (χ0v) is 15.7. The average molecular weight is 405 g/mol. The Labute approximate surface area is 152 Å². The Balaban J connectivity index is 0.00000484. The molecule has 3 N–H and O–H groups in total. The lowest BCUT2D eigenvalue weighted by molar-refractivity contribution is -0.120. The highest BCUT2D eigenvalue weighted by atomic mass is 35.5. The van der Waals surface area contributed by atoms with Gasteiger partial charge in [-0.2, -0.15) is 0 Å². The Morgan fingerprint density at radius 1 is 1.13 bits per heavy atom. The normalized spacial score (nSPS) is 10.9. The van der Waals surface area contributed by atoms with Gasteiger partial charge in [0.15, 0.2) is 0 Å². The van der Waals surface area contributed by atoms with E-state index in [0.717, 1.165) is 13.0 Å². The molecule has 0 atom stereocenters. The molecule has 0 heterocycles. The summed E-state index contributed by atoms with van der Waals surface area (Å²) < 4.78 is 26.6. The summed E-state index contributed by atoms with van der Waals surface area (Å²) in [6.07, 6.45) is 0.851. The summed E-state index contributed by atoms with van der Waals surface area (Å²) in [4.78, 5) is 11.4. The van der Waals surface area contributed by atoms with E-state index in [9.17, 15) is 13.2 Å². The first-order chi connectivity index (χ1) is 10.4. The monoisotopic (exact) mass is 403 g/mol. The quantitative estimate of drug-likeness (QED) is 0.548. The molecular weight excluding hydrogens is 385 g/mol. The highest BCUT2D eigenvalue weighted by Crippen LogP contribution is 2.28. The maximum absolute atomic E-state index is 12.1. The van der Waals surface area contributed by atoms with Crippen molar-refractivity contribution in [1.82, 2.24) is 15.4 Å². The van der Waals surface area contributed by atoms with Gasteiger partial charge in [-0.3, -0.25) is 4.79 Å². The number of amides is 1. The molecule has 10 heteroatoms. The molecule has 0 aromatic heterocycles. The molecule has 0 aliphatic heterocycles. The average Bonchev–Trinajstić information content (AvgIpc) is 2.43. The second-order valence-corrected chi connectivity index (χ2v) is 7.02. The molecule has 0 spiro atoms. The largest absolute Gasteiger partial charge is 0.356 e. The molecule has 0 fully saturated rings. The smallest absolute Gasteiger partial charge is 0.243 e. The van der Waals surface area contributed by atoms with E-state index < -0.39 is 10.0 Å². The standard InChI is InChI=1S/C13H19Cl2N3O3S.ClH/c1-16-7-3-8-17-12(19)6-9-18-22(20,21)13-10(14)4-2-5-11(13)15;/h2,4-5,16,18H,3,6-9H2,1H3,(H,17,19);1H. The van der Waals surface area contributed by atoms with E-state index in [4.69, 9.17) is 23.2 Å². The maximum Gasteiger partial charge on any atom is 0.243 e. The van der Waals surface area contributed by atoms with Gasteiger partial charge in [0.25, 0.3) is 0 Å². The summed E-state index contributed by atoms with van der Waals surface area (Å²) in [5.74, 6) is -0.218. The number of benzene rings is 1. The van der Waals surface area contributed by atoms with Crippen LogP contribution in [0.2, 0.25) is 10.0 Å². The first-order valence-corrected chi connectivity index (χ1v) is 8.97. The lowest BCUT2D eigenvalue weighted by atomic mass is 10.3. The number of hydrogen-bond donors (Lipinski definition) is 3. The molecule has 0 saturated carbocycles. The second kappa shape index (κ2) is 11.1. The van der Waals surface area contributed by atoms with Crippen molar-refractivity contribution >= 4 is 51.5 Å². The Morgan fingerprint density at radius 2 is 1.74 bits per heavy atom. The minimum atomic E-state index is -3.85. The van der Waals surface area contributed by atoms with Gasteiger partial charge >= 0.3 is 0 Å². The molecule has 23 heavy (non-hydrogen) atoms. The van der Waals surface area contributed by atoms with Crippen LogP contribution in [-0.4, -0.2) is 41.0 Å². The molecule has 0 bridgehead atoms. The van der Waals surface area contributed by atoms with E-state index >= 15 is 0 Å². The van der Waals surface area contributed by atoms with Crippen molar-refractivity contribution in [3.05, 3.63) is 28.2 Å². The van der Waals surface area contributed by atoms with Crippen LogP contribution in [0.1, 0.15) is 12.8 Å². The number of nitrogens with one attached hydrogen (secondary N) is 3. The first-order valence-electron chi connectivity index (χ1n) is 6.73. The lowest BCUT2D eigenvalue weighted by Crippen LogP contribution is -2.32. The Kier molecular flexibility index (Phi) is 10.8. The third-order valence-electron chi connectivity index (χ3n) is 2.76. The fraction of sp³-hybridized carbons (Fsp3) is 0.462. The van der Waals surface area contributed by atoms with Crippen LogP contribution in [0.4, 0.5) is 0 Å². The minimum Gasteiger partial charge on any atom is -0.356 e. The van der Waals surface area contributed by atoms with Crippen LogP contribution in [-0.2, 0) is 14.8 Å². The highest BCUT2D eigenvalue weighted by Gasteiger charge is 2.21. The van der Waals surface area contributed by atoms with Gasteiger partial charge in [0, 0.05) is 19.5 Å². The maximum atomic E-state index is 12.1. The summed E-state index contributed by atoms with van der Waals surface area (Å²) in [6.45, 7) is 1.32. The SMILES string of the molecule is CNCCCNC(=O)CCNS(=O)(=O)c1c(Cl)cccc1Cl.Cl. The van der Waals surface area contributed by atoms with Crippen LogP contribution in [0, 0.1) is 0 Å². The van der Waals surface area contributed by atoms with E-state index in [1.54, 1.807) is 6.07 Å². The van der Waals surface area contributed by atoms with Crippen molar-refractivity contribution in [1.29, 1.82) is 0 Å². The van der Waals surface area contributed by atoms with Crippen molar-refractivity contribution in [2.45, 2.75) is 17.7 Å². The van der Waals surface area contributed by atoms with E-state index in [1.807, 2.05) is 7.05 Å². The van der Waals surface area contributed by atoms with Crippen molar-refractivity contribution in [2.75, 3.05) is 26.7 Å². The summed E-state index contributed by atoms with van der Waals surface area (Å²) in [7, 11) is -2.02. The fourth-order valence-electron chi connectivity index (χ4n) is 1.69. The van der Waals surface area contributed by atoms with Gasteiger partial charge in [-0.1, -0.05) is 29.3 Å². The molecule has 0 unspecified atom stereocenters. The Morgan fingerprint density at radius 3 is 2.30 bits per heavy atom. The molecule has 6 nitrogen and oxygen atoms in total. The van der Waals surface area contributed by atoms with Crippen molar-refractivity contribution in [3.63, 3.8) is 0 Å². The highest BCUT2D eigenvalue weighted by molar-refractivity contribution is 7.89. The predicted octanol–water partition coefficient (Wildman–Crippen LogP) is 1.81. The predicted molar refractivity (Wildman–Crippen MR) is 95.1 cm³/mol. The van der Waals surface area contributed by atoms with Crippen LogP contribution < -0.4 is 15.4 Å². The molecule has 1 amide bonds. The summed E-state index contributed by atoms with van der Waals surface area (Å²) in [5, 5.41) is 5.74. The number of rotatable bonds is 9. The van der Waals surface area contributed by atoms with Gasteiger partial charge in [-0.05, 0) is 32.1 Å². The topological polar surface area (TPSA) is 87.3 Å². The van der Waals surface area contributed by atoms with Gasteiger partial charge in [0.1, 0.15) is 4.90 Å². The van der Waals surface area contributed by atoms with Crippen LogP contribution in [0.15, 0.2) is 23.1 Å². The molecule has 1 aromatic rings. The van der Waals surface area contributed by atoms with Crippen LogP contribution in [0.3, 0.4) is 0 Å². The van der Waals surface area contributed by atoms with Gasteiger partial charge in [-0.15, -0.1) is 12.4 Å². The molecule has 132 valence electrons. The van der Waals surface area contributed by atoms with Crippen LogP contribution in [0.5, 0.6) is 0 Å². The molecule has 1 aromatic carbocycles. The lowest BCUT2D eigenvalue weighted by Gasteiger charge is -2.10. The number of carbonyl (C=O) groups excluding carboxylic acids is 1. The van der Waals surface area contributed by atoms with Crippen molar-refractivity contribution < 1.29 is 13.2 Å². The van der Waals surface area contributed by atoms with Gasteiger partial charge in [-0.25, -0.2) is 13.1 Å². The third-order valence-corrected chi connectivity index (χ3v) is 5.17. The van der Waals surface area contributed by atoms with Gasteiger partial charge in [0.05, 0.1) is 10.0 Å². The number of hydrogen-bond acceptors (Lipinski definition) is 4. The van der Waals surface area contributed by atoms with E-state index in [-0.39, 0.29) is 46.2 Å². The van der Waals surface area contributed by atoms with E-state index in [1.165, 1.54) is 12.1 Å². The molecular formula is C13H20Cl3N3O3S. The molecule has 0 aliphatic rings. The minimum absolute atomic E-state index is 0. The number of carbonyl (C=O) groups is 1. The van der Waals surface area contributed by atoms with E-state index in [0.29, 0.717) is 6.54 Å². The number of halogens is 3. The number of sulfonamides is 1. The van der Waals surface area contributed by atoms with Crippen LogP contribution >= 0.6 is 35.6 Å². The molecule has 0 aliphatic carbocycles. The van der Waals surface area contributed by atoms with Crippen LogP contribution in [0.25, 0.3) is 0 Å².